The van der Waals surface area contributed by atoms with Crippen molar-refractivity contribution in [3.8, 4) is 66.8 Å². The molecule has 118 heavy (non-hydrogen) atoms. The Morgan fingerprint density at radius 3 is 0.754 bits per heavy atom. The second kappa shape index (κ2) is 31.6. The maximum absolute atomic E-state index is 5.51. The van der Waals surface area contributed by atoms with Crippen molar-refractivity contribution in [3.63, 3.8) is 0 Å². The van der Waals surface area contributed by atoms with Crippen LogP contribution in [-0.2, 0) is 0 Å². The number of benzene rings is 19. The van der Waals surface area contributed by atoms with Crippen LogP contribution in [0.25, 0.3) is 165 Å². The van der Waals surface area contributed by atoms with Gasteiger partial charge in [-0.2, -0.15) is 0 Å². The second-order valence-electron chi connectivity index (χ2n) is 30.7. The Morgan fingerprint density at radius 1 is 0.161 bits per heavy atom. The maximum atomic E-state index is 5.51. The molecule has 0 unspecified atom stereocenters. The van der Waals surface area contributed by atoms with E-state index in [1.807, 2.05) is 0 Å². The monoisotopic (exact) mass is 1500 g/mol. The molecule has 0 saturated carbocycles. The highest BCUT2D eigenvalue weighted by Gasteiger charge is 2.24. The molecule has 0 atom stereocenters. The number of fused-ring (bicyclic) bond motifs is 10. The summed E-state index contributed by atoms with van der Waals surface area (Å²) in [6, 6.07) is 163. The molecule has 0 aliphatic carbocycles. The zero-order valence-electron chi connectivity index (χ0n) is 65.6. The molecule has 2 aromatic heterocycles. The number of aryl methyl sites for hydroxylation is 2. The molecule has 0 N–H and O–H groups in total. The van der Waals surface area contributed by atoms with E-state index in [0.29, 0.717) is 0 Å². The van der Waals surface area contributed by atoms with Gasteiger partial charge in [-0.3, -0.25) is 0 Å². The van der Waals surface area contributed by atoms with Crippen molar-refractivity contribution < 1.29 is 0 Å². The quantitative estimate of drug-likeness (QED) is 0.0616. The van der Waals surface area contributed by atoms with Gasteiger partial charge in [0, 0.05) is 48.8 Å². The largest absolute Gasteiger partial charge is 0.247 e. The number of hydrogen-bond acceptors (Lipinski definition) is 2. The molecular weight excluding hydrogens is 1420 g/mol. The van der Waals surface area contributed by atoms with Crippen LogP contribution in [0.1, 0.15) is 55.6 Å². The van der Waals surface area contributed by atoms with E-state index in [4.69, 9.17) is 9.97 Å². The SMILES string of the molecule is Cc1cccc(-c2cc(-c3cccc(C(=C(c4ccccc4)c4ccccc4)c4ccccc4)c3)cc(-c3c4ccc5ccccc5c4nc4c3ccc3ccccc34)c2)c1.Cc1cccc(-c2cc(-c3cccc(C(=C(c4ccccc4)c4ccccc4)c4ccccc4)c3)cc(-c3c4ccccc4nc4c3ccc3ccccc34)c2)c1. The van der Waals surface area contributed by atoms with Crippen molar-refractivity contribution in [1.29, 1.82) is 0 Å². The van der Waals surface area contributed by atoms with Gasteiger partial charge in [0.1, 0.15) is 0 Å². The average Bonchev–Trinajstić information content (AvgIpc) is 0.730. The van der Waals surface area contributed by atoms with Crippen molar-refractivity contribution >= 4 is 98.2 Å². The smallest absolute Gasteiger partial charge is 0.0794 e. The van der Waals surface area contributed by atoms with E-state index in [0.717, 1.165) is 98.7 Å². The van der Waals surface area contributed by atoms with E-state index in [1.54, 1.807) is 0 Å². The Morgan fingerprint density at radius 2 is 0.415 bits per heavy atom. The summed E-state index contributed by atoms with van der Waals surface area (Å²) in [4.78, 5) is 10.8. The molecule has 19 aromatic carbocycles. The van der Waals surface area contributed by atoms with Crippen molar-refractivity contribution in [2.24, 2.45) is 0 Å². The van der Waals surface area contributed by atoms with Crippen molar-refractivity contribution in [3.05, 3.63) is 505 Å². The Kier molecular flexibility index (Phi) is 19.2. The predicted molar refractivity (Wildman–Crippen MR) is 502 cm³/mol. The normalized spacial score (nSPS) is 11.3. The molecule has 0 saturated heterocycles. The summed E-state index contributed by atoms with van der Waals surface area (Å²) < 4.78 is 0. The fraction of sp³-hybridized carbons (Fsp3) is 0.0172. The Bertz CT molecular complexity index is 7280. The molecule has 2 heteroatoms. The van der Waals surface area contributed by atoms with Crippen LogP contribution in [0.2, 0.25) is 0 Å². The topological polar surface area (TPSA) is 25.8 Å². The fourth-order valence-corrected chi connectivity index (χ4v) is 17.7. The lowest BCUT2D eigenvalue weighted by molar-refractivity contribution is 1.46. The van der Waals surface area contributed by atoms with Gasteiger partial charge in [-0.25, -0.2) is 9.97 Å². The minimum Gasteiger partial charge on any atom is -0.247 e. The molecule has 0 bridgehead atoms. The molecule has 0 fully saturated rings. The van der Waals surface area contributed by atoms with Crippen LogP contribution < -0.4 is 0 Å². The zero-order valence-corrected chi connectivity index (χ0v) is 65.6. The Hall–Kier alpha value is -15.2. The number of aromatic nitrogens is 2. The molecule has 0 radical (unpaired) electrons. The summed E-state index contributed by atoms with van der Waals surface area (Å²) in [5, 5.41) is 11.6. The average molecular weight is 1500 g/mol. The minimum atomic E-state index is 0.993. The Balaban J connectivity index is 0.000000152. The van der Waals surface area contributed by atoms with Crippen molar-refractivity contribution in [2.75, 3.05) is 0 Å². The van der Waals surface area contributed by atoms with E-state index in [1.165, 1.54) is 122 Å². The number of para-hydroxylation sites is 1. The molecule has 21 aromatic rings. The second-order valence-corrected chi connectivity index (χ2v) is 30.7. The highest BCUT2D eigenvalue weighted by molar-refractivity contribution is 6.22. The summed E-state index contributed by atoms with van der Waals surface area (Å²) in [5.74, 6) is 0. The van der Waals surface area contributed by atoms with Gasteiger partial charge < -0.3 is 0 Å². The van der Waals surface area contributed by atoms with Crippen LogP contribution >= 0.6 is 0 Å². The van der Waals surface area contributed by atoms with Crippen LogP contribution in [0, 0.1) is 13.8 Å². The van der Waals surface area contributed by atoms with Crippen molar-refractivity contribution in [2.45, 2.75) is 13.8 Å². The third-order valence-electron chi connectivity index (χ3n) is 23.1. The third kappa shape index (κ3) is 14.0. The summed E-state index contributed by atoms with van der Waals surface area (Å²) in [6.45, 7) is 4.34. The van der Waals surface area contributed by atoms with E-state index in [9.17, 15) is 0 Å². The molecule has 21 rings (SSSR count). The highest BCUT2D eigenvalue weighted by atomic mass is 14.7. The van der Waals surface area contributed by atoms with Gasteiger partial charge in [0.25, 0.3) is 0 Å². The number of pyridine rings is 2. The first-order valence-corrected chi connectivity index (χ1v) is 40.6. The molecule has 0 spiro atoms. The van der Waals surface area contributed by atoms with Gasteiger partial charge in [0.2, 0.25) is 0 Å². The van der Waals surface area contributed by atoms with Gasteiger partial charge in [0.15, 0.2) is 0 Å². The lowest BCUT2D eigenvalue weighted by Gasteiger charge is -2.19. The third-order valence-corrected chi connectivity index (χ3v) is 23.1. The van der Waals surface area contributed by atoms with Crippen LogP contribution in [0.5, 0.6) is 0 Å². The summed E-state index contributed by atoms with van der Waals surface area (Å²) in [7, 11) is 0. The van der Waals surface area contributed by atoms with Gasteiger partial charge in [-0.1, -0.05) is 405 Å². The molecule has 554 valence electrons. The molecule has 0 aliphatic rings. The highest BCUT2D eigenvalue weighted by Crippen LogP contribution is 2.47. The zero-order chi connectivity index (χ0) is 78.8. The van der Waals surface area contributed by atoms with Crippen LogP contribution in [0.3, 0.4) is 0 Å². The Labute approximate surface area is 688 Å². The van der Waals surface area contributed by atoms with Crippen LogP contribution in [0.4, 0.5) is 0 Å². The summed E-state index contributed by atoms with van der Waals surface area (Å²) in [5.41, 5.74) is 34.8. The van der Waals surface area contributed by atoms with Gasteiger partial charge in [0.05, 0.1) is 22.1 Å². The lowest BCUT2D eigenvalue weighted by Crippen LogP contribution is -1.98. The van der Waals surface area contributed by atoms with Crippen LogP contribution in [0.15, 0.2) is 449 Å². The first kappa shape index (κ1) is 71.8. The van der Waals surface area contributed by atoms with E-state index in [-0.39, 0.29) is 0 Å². The van der Waals surface area contributed by atoms with E-state index < -0.39 is 0 Å². The number of hydrogen-bond donors (Lipinski definition) is 0. The van der Waals surface area contributed by atoms with E-state index >= 15 is 0 Å². The predicted octanol–water partition coefficient (Wildman–Crippen LogP) is 30.9. The van der Waals surface area contributed by atoms with Gasteiger partial charge in [-0.05, 0) is 207 Å². The molecule has 0 aliphatic heterocycles. The van der Waals surface area contributed by atoms with Gasteiger partial charge in [-0.15, -0.1) is 0 Å². The first-order valence-electron chi connectivity index (χ1n) is 40.6. The first-order chi connectivity index (χ1) is 58.3. The minimum absolute atomic E-state index is 0.993. The molecule has 0 amide bonds. The van der Waals surface area contributed by atoms with Gasteiger partial charge >= 0.3 is 0 Å². The van der Waals surface area contributed by atoms with Crippen molar-refractivity contribution in [1.82, 2.24) is 9.97 Å². The molecular formula is C116H80N2. The number of nitrogens with zero attached hydrogens (tertiary/aromatic N) is 2. The van der Waals surface area contributed by atoms with E-state index in [2.05, 4.69) is 463 Å². The summed E-state index contributed by atoms with van der Waals surface area (Å²) in [6.07, 6.45) is 0. The maximum Gasteiger partial charge on any atom is 0.0794 e. The molecule has 2 nitrogen and oxygen atoms in total. The fourth-order valence-electron chi connectivity index (χ4n) is 17.7. The summed E-state index contributed by atoms with van der Waals surface area (Å²) >= 11 is 0. The standard InChI is InChI=1S/C60H41N.C56H39N/c1-40-17-15-26-46(35-40)49-37-50(47-27-16-28-48(36-47)57(45-24-9-4-10-25-45)56(43-20-5-2-6-21-43)44-22-7-3-8-23-44)39-51(38-49)58-54-33-31-41-18-11-13-29-52(41)59(54)61-60-53-30-14-12-19-42(53)32-34-55(58)60;1-38-17-15-25-43(33-38)46-35-47(37-48(36-46)55-50-29-13-14-30-52(50)57-56-49-28-12-11-18-39(49)31-32-51(55)56)44-26-16-27-45(34-44)54(42-23-9-4-10-24-42)53(40-19-5-2-6-20-40)41-21-7-3-8-22-41/h2-39H,1H3;2-37H,1H3. The molecule has 2 heterocycles. The lowest BCUT2D eigenvalue weighted by atomic mass is 9.84. The number of rotatable bonds is 14. The van der Waals surface area contributed by atoms with Crippen LogP contribution in [-0.4, -0.2) is 9.97 Å².